The molecule has 0 radical (unpaired) electrons. The Kier molecular flexibility index (Phi) is 7.84. The molecular formula is C19H31N3O4. The first kappa shape index (κ1) is 20.2. The van der Waals surface area contributed by atoms with Crippen LogP contribution in [0.15, 0.2) is 17.1 Å². The third-order valence-electron chi connectivity index (χ3n) is 4.58. The van der Waals surface area contributed by atoms with Gasteiger partial charge < -0.3 is 30.0 Å². The number of hydrogen-bond donors (Lipinski definition) is 3. The Bertz CT molecular complexity index is 599. The normalized spacial score (nSPS) is 20.4. The highest BCUT2D eigenvalue weighted by atomic mass is 16.5. The lowest BCUT2D eigenvalue weighted by Gasteiger charge is -2.27. The van der Waals surface area contributed by atoms with Crippen molar-refractivity contribution in [1.82, 2.24) is 10.6 Å². The minimum Gasteiger partial charge on any atom is -0.496 e. The van der Waals surface area contributed by atoms with Gasteiger partial charge in [0.25, 0.3) is 0 Å². The third-order valence-corrected chi connectivity index (χ3v) is 4.58. The maximum absolute atomic E-state index is 9.66. The van der Waals surface area contributed by atoms with E-state index in [1.165, 1.54) is 0 Å². The van der Waals surface area contributed by atoms with E-state index in [1.807, 2.05) is 19.1 Å². The van der Waals surface area contributed by atoms with Gasteiger partial charge >= 0.3 is 0 Å². The van der Waals surface area contributed by atoms with Crippen molar-refractivity contribution in [2.45, 2.75) is 51.3 Å². The zero-order chi connectivity index (χ0) is 18.9. The number of benzene rings is 1. The average molecular weight is 365 g/mol. The fourth-order valence-corrected chi connectivity index (χ4v) is 3.11. The van der Waals surface area contributed by atoms with Crippen LogP contribution in [0.2, 0.25) is 0 Å². The van der Waals surface area contributed by atoms with Gasteiger partial charge in [-0.25, -0.2) is 4.99 Å². The fourth-order valence-electron chi connectivity index (χ4n) is 3.11. The number of guanidine groups is 1. The Morgan fingerprint density at radius 1 is 1.04 bits per heavy atom. The molecule has 3 N–H and O–H groups in total. The van der Waals surface area contributed by atoms with E-state index in [0.29, 0.717) is 29.8 Å². The highest BCUT2D eigenvalue weighted by Crippen LogP contribution is 2.34. The number of aliphatic hydroxyl groups excluding tert-OH is 1. The lowest BCUT2D eigenvalue weighted by Crippen LogP contribution is -2.45. The SMILES string of the molecule is CCNC(=NCc1cc(OC)c(OC)cc1OC)NC1CCC(O)CC1. The van der Waals surface area contributed by atoms with Gasteiger partial charge in [-0.05, 0) is 38.7 Å². The summed E-state index contributed by atoms with van der Waals surface area (Å²) in [6.45, 7) is 3.28. The van der Waals surface area contributed by atoms with E-state index in [1.54, 1.807) is 21.3 Å². The van der Waals surface area contributed by atoms with Crippen LogP contribution in [0.4, 0.5) is 0 Å². The molecule has 146 valence electrons. The van der Waals surface area contributed by atoms with Crippen LogP contribution in [0.1, 0.15) is 38.2 Å². The van der Waals surface area contributed by atoms with Gasteiger partial charge in [0.1, 0.15) is 5.75 Å². The van der Waals surface area contributed by atoms with Crippen LogP contribution in [-0.4, -0.2) is 51.1 Å². The van der Waals surface area contributed by atoms with Crippen LogP contribution in [0.3, 0.4) is 0 Å². The van der Waals surface area contributed by atoms with Gasteiger partial charge in [-0.15, -0.1) is 0 Å². The molecule has 0 heterocycles. The van der Waals surface area contributed by atoms with Crippen molar-refractivity contribution >= 4 is 5.96 Å². The minimum absolute atomic E-state index is 0.163. The van der Waals surface area contributed by atoms with E-state index in [-0.39, 0.29) is 6.10 Å². The molecule has 1 fully saturated rings. The first-order valence-electron chi connectivity index (χ1n) is 9.13. The highest BCUT2D eigenvalue weighted by Gasteiger charge is 2.20. The van der Waals surface area contributed by atoms with Gasteiger partial charge in [-0.1, -0.05) is 0 Å². The first-order valence-corrected chi connectivity index (χ1v) is 9.13. The van der Waals surface area contributed by atoms with Crippen molar-refractivity contribution in [1.29, 1.82) is 0 Å². The number of ether oxygens (including phenoxy) is 3. The predicted octanol–water partition coefficient (Wildman–Crippen LogP) is 2.07. The second kappa shape index (κ2) is 10.1. The maximum Gasteiger partial charge on any atom is 0.191 e. The van der Waals surface area contributed by atoms with E-state index >= 15 is 0 Å². The van der Waals surface area contributed by atoms with Crippen LogP contribution in [0.5, 0.6) is 17.2 Å². The summed E-state index contributed by atoms with van der Waals surface area (Å²) in [7, 11) is 4.84. The first-order chi connectivity index (χ1) is 12.6. The lowest BCUT2D eigenvalue weighted by molar-refractivity contribution is 0.120. The molecule has 1 saturated carbocycles. The van der Waals surface area contributed by atoms with E-state index in [2.05, 4.69) is 10.6 Å². The zero-order valence-electron chi connectivity index (χ0n) is 16.2. The molecule has 7 heteroatoms. The van der Waals surface area contributed by atoms with Gasteiger partial charge in [0.2, 0.25) is 0 Å². The molecule has 1 aliphatic rings. The van der Waals surface area contributed by atoms with Crippen LogP contribution < -0.4 is 24.8 Å². The number of aliphatic hydroxyl groups is 1. The number of methoxy groups -OCH3 is 3. The molecule has 0 saturated heterocycles. The summed E-state index contributed by atoms with van der Waals surface area (Å²) < 4.78 is 16.2. The third kappa shape index (κ3) is 5.42. The maximum atomic E-state index is 9.66. The Morgan fingerprint density at radius 2 is 1.65 bits per heavy atom. The molecule has 0 aromatic heterocycles. The molecule has 0 spiro atoms. The highest BCUT2D eigenvalue weighted by molar-refractivity contribution is 5.80. The van der Waals surface area contributed by atoms with E-state index < -0.39 is 0 Å². The molecule has 0 aliphatic heterocycles. The zero-order valence-corrected chi connectivity index (χ0v) is 16.2. The molecule has 2 rings (SSSR count). The van der Waals surface area contributed by atoms with Gasteiger partial charge in [0, 0.05) is 24.2 Å². The summed E-state index contributed by atoms with van der Waals surface area (Å²) in [6.07, 6.45) is 3.40. The second-order valence-electron chi connectivity index (χ2n) is 6.36. The smallest absolute Gasteiger partial charge is 0.191 e. The summed E-state index contributed by atoms with van der Waals surface area (Å²) >= 11 is 0. The van der Waals surface area contributed by atoms with Crippen LogP contribution in [-0.2, 0) is 6.54 Å². The van der Waals surface area contributed by atoms with Crippen molar-refractivity contribution in [3.8, 4) is 17.2 Å². The van der Waals surface area contributed by atoms with Gasteiger partial charge in [-0.2, -0.15) is 0 Å². The molecule has 1 aromatic carbocycles. The number of rotatable bonds is 7. The van der Waals surface area contributed by atoms with Crippen molar-refractivity contribution < 1.29 is 19.3 Å². The molecule has 0 unspecified atom stereocenters. The van der Waals surface area contributed by atoms with Gasteiger partial charge in [0.15, 0.2) is 17.5 Å². The molecule has 26 heavy (non-hydrogen) atoms. The van der Waals surface area contributed by atoms with Crippen molar-refractivity contribution in [3.63, 3.8) is 0 Å². The Morgan fingerprint density at radius 3 is 2.23 bits per heavy atom. The van der Waals surface area contributed by atoms with Crippen molar-refractivity contribution in [2.75, 3.05) is 27.9 Å². The summed E-state index contributed by atoms with van der Waals surface area (Å²) in [5.41, 5.74) is 0.918. The number of hydrogen-bond acceptors (Lipinski definition) is 5. The number of nitrogens with zero attached hydrogens (tertiary/aromatic N) is 1. The van der Waals surface area contributed by atoms with E-state index in [9.17, 15) is 5.11 Å². The van der Waals surface area contributed by atoms with Crippen LogP contribution >= 0.6 is 0 Å². The summed E-state index contributed by atoms with van der Waals surface area (Å²) in [5, 5.41) is 16.4. The number of aliphatic imine (C=N–C) groups is 1. The molecule has 0 bridgehead atoms. The van der Waals surface area contributed by atoms with Crippen molar-refractivity contribution in [2.24, 2.45) is 4.99 Å². The predicted molar refractivity (Wildman–Crippen MR) is 102 cm³/mol. The molecule has 1 aromatic rings. The van der Waals surface area contributed by atoms with Crippen LogP contribution in [0.25, 0.3) is 0 Å². The van der Waals surface area contributed by atoms with E-state index in [4.69, 9.17) is 19.2 Å². The standard InChI is InChI=1S/C19H31N3O4/c1-5-20-19(22-14-6-8-15(23)9-7-14)21-12-13-10-17(25-3)18(26-4)11-16(13)24-2/h10-11,14-15,23H,5-9,12H2,1-4H3,(H2,20,21,22). The van der Waals surface area contributed by atoms with E-state index in [0.717, 1.165) is 43.8 Å². The van der Waals surface area contributed by atoms with Gasteiger partial charge in [-0.3, -0.25) is 0 Å². The Balaban J connectivity index is 2.12. The lowest BCUT2D eigenvalue weighted by atomic mass is 9.93. The average Bonchev–Trinajstić information content (AvgIpc) is 2.67. The van der Waals surface area contributed by atoms with Gasteiger partial charge in [0.05, 0.1) is 34.0 Å². The Labute approximate surface area is 155 Å². The monoisotopic (exact) mass is 365 g/mol. The van der Waals surface area contributed by atoms with Crippen molar-refractivity contribution in [3.05, 3.63) is 17.7 Å². The summed E-state index contributed by atoms with van der Waals surface area (Å²) in [5.74, 6) is 2.76. The Hall–Kier alpha value is -2.15. The fraction of sp³-hybridized carbons (Fsp3) is 0.632. The largest absolute Gasteiger partial charge is 0.496 e. The molecule has 7 nitrogen and oxygen atoms in total. The summed E-state index contributed by atoms with van der Waals surface area (Å²) in [4.78, 5) is 4.69. The summed E-state index contributed by atoms with van der Waals surface area (Å²) in [6, 6.07) is 4.04. The second-order valence-corrected chi connectivity index (χ2v) is 6.36. The van der Waals surface area contributed by atoms with Crippen LogP contribution in [0, 0.1) is 0 Å². The minimum atomic E-state index is -0.163. The topological polar surface area (TPSA) is 84.3 Å². The molecular weight excluding hydrogens is 334 g/mol. The quantitative estimate of drug-likeness (QED) is 0.507. The molecule has 0 atom stereocenters. The number of nitrogens with one attached hydrogen (secondary N) is 2. The molecule has 1 aliphatic carbocycles. The molecule has 0 amide bonds.